The Morgan fingerprint density at radius 3 is 2.24 bits per heavy atom. The number of amides is 1. The van der Waals surface area contributed by atoms with Gasteiger partial charge in [-0.2, -0.15) is 5.26 Å². The molecule has 0 radical (unpaired) electrons. The van der Waals surface area contributed by atoms with Crippen LogP contribution in [0.15, 0.2) is 0 Å². The van der Waals surface area contributed by atoms with Crippen LogP contribution in [0.1, 0.15) is 20.8 Å². The molecule has 0 aliphatic carbocycles. The van der Waals surface area contributed by atoms with E-state index in [1.54, 1.807) is 20.8 Å². The van der Waals surface area contributed by atoms with E-state index in [1.165, 1.54) is 4.90 Å². The largest absolute Gasteiger partial charge is 0.444 e. The van der Waals surface area contributed by atoms with E-state index in [0.29, 0.717) is 0 Å². The molecule has 1 amide bonds. The van der Waals surface area contributed by atoms with Crippen molar-refractivity contribution in [3.63, 3.8) is 0 Å². The Morgan fingerprint density at radius 1 is 1.35 bits per heavy atom. The van der Waals surface area contributed by atoms with Crippen molar-refractivity contribution in [2.24, 2.45) is 0 Å². The van der Waals surface area contributed by atoms with Gasteiger partial charge in [0.1, 0.15) is 18.9 Å². The van der Waals surface area contributed by atoms with Crippen molar-refractivity contribution in [2.75, 3.05) is 13.3 Å². The highest BCUT2D eigenvalue weighted by Gasteiger charge is 2.24. The number of nitrogens with zero attached hydrogens (tertiary/aromatic N) is 2. The van der Waals surface area contributed by atoms with E-state index in [-0.39, 0.29) is 13.3 Å². The summed E-state index contributed by atoms with van der Waals surface area (Å²) in [6, 6.07) is 1.93. The zero-order valence-electron chi connectivity index (χ0n) is 11.5. The standard InChI is InChI=1S/C11H22N2O3Si/c1-11(2,3)16-10(14)13(8-7-12)9-15-17(4,5)6/h8-9H2,1-6H3. The first-order valence-electron chi connectivity index (χ1n) is 5.54. The fourth-order valence-corrected chi connectivity index (χ4v) is 1.39. The van der Waals surface area contributed by atoms with Gasteiger partial charge in [-0.1, -0.05) is 0 Å². The number of carbonyl (C=O) groups excluding carboxylic acids is 1. The van der Waals surface area contributed by atoms with Gasteiger partial charge >= 0.3 is 6.09 Å². The molecule has 17 heavy (non-hydrogen) atoms. The van der Waals surface area contributed by atoms with E-state index in [0.717, 1.165) is 0 Å². The Hall–Kier alpha value is -1.06. The van der Waals surface area contributed by atoms with Crippen LogP contribution >= 0.6 is 0 Å². The topological polar surface area (TPSA) is 62.6 Å². The molecule has 0 atom stereocenters. The minimum atomic E-state index is -1.71. The van der Waals surface area contributed by atoms with Gasteiger partial charge in [-0.05, 0) is 40.4 Å². The zero-order chi connectivity index (χ0) is 13.7. The summed E-state index contributed by atoms with van der Waals surface area (Å²) in [4.78, 5) is 13.0. The van der Waals surface area contributed by atoms with E-state index in [4.69, 9.17) is 14.4 Å². The predicted molar refractivity (Wildman–Crippen MR) is 67.9 cm³/mol. The molecule has 0 spiro atoms. The van der Waals surface area contributed by atoms with E-state index in [9.17, 15) is 4.79 Å². The van der Waals surface area contributed by atoms with Crippen molar-refractivity contribution in [1.29, 1.82) is 5.26 Å². The molecule has 0 bridgehead atoms. The Labute approximate surface area is 104 Å². The van der Waals surface area contributed by atoms with Gasteiger partial charge in [0.05, 0.1) is 6.07 Å². The molecule has 0 N–H and O–H groups in total. The van der Waals surface area contributed by atoms with E-state index in [2.05, 4.69) is 0 Å². The van der Waals surface area contributed by atoms with Crippen LogP contribution in [0.25, 0.3) is 0 Å². The van der Waals surface area contributed by atoms with Gasteiger partial charge < -0.3 is 9.16 Å². The maximum absolute atomic E-state index is 11.8. The summed E-state index contributed by atoms with van der Waals surface area (Å²) < 4.78 is 10.8. The lowest BCUT2D eigenvalue weighted by atomic mass is 10.2. The summed E-state index contributed by atoms with van der Waals surface area (Å²) in [7, 11) is -1.71. The van der Waals surface area contributed by atoms with Gasteiger partial charge in [-0.25, -0.2) is 4.79 Å². The Kier molecular flexibility index (Phi) is 5.65. The van der Waals surface area contributed by atoms with Crippen LogP contribution in [0.2, 0.25) is 19.6 Å². The molecule has 0 aromatic heterocycles. The normalized spacial score (nSPS) is 11.8. The lowest BCUT2D eigenvalue weighted by Crippen LogP contribution is -2.41. The minimum Gasteiger partial charge on any atom is -0.444 e. The molecule has 0 unspecified atom stereocenters. The number of ether oxygens (including phenoxy) is 1. The highest BCUT2D eigenvalue weighted by Crippen LogP contribution is 2.11. The maximum Gasteiger partial charge on any atom is 0.412 e. The smallest absolute Gasteiger partial charge is 0.412 e. The molecule has 0 aromatic carbocycles. The number of hydrogen-bond donors (Lipinski definition) is 0. The SMILES string of the molecule is CC(C)(C)OC(=O)N(CC#N)CO[Si](C)(C)C. The fourth-order valence-electron chi connectivity index (χ4n) is 0.846. The number of hydrogen-bond acceptors (Lipinski definition) is 4. The average molecular weight is 258 g/mol. The summed E-state index contributed by atoms with van der Waals surface area (Å²) in [6.07, 6.45) is -0.516. The Bertz CT molecular complexity index is 299. The van der Waals surface area contributed by atoms with Gasteiger partial charge in [0, 0.05) is 0 Å². The first kappa shape index (κ1) is 15.9. The molecule has 5 nitrogen and oxygen atoms in total. The summed E-state index contributed by atoms with van der Waals surface area (Å²) in [5.74, 6) is 0. The van der Waals surface area contributed by atoms with Crippen molar-refractivity contribution in [2.45, 2.75) is 46.0 Å². The van der Waals surface area contributed by atoms with Crippen LogP contribution < -0.4 is 0 Å². The third kappa shape index (κ3) is 8.71. The predicted octanol–water partition coefficient (Wildman–Crippen LogP) is 2.56. The molecule has 6 heteroatoms. The average Bonchev–Trinajstić information content (AvgIpc) is 2.07. The molecule has 98 valence electrons. The lowest BCUT2D eigenvalue weighted by molar-refractivity contribution is 0.0125. The summed E-state index contributed by atoms with van der Waals surface area (Å²) in [5.41, 5.74) is -0.566. The van der Waals surface area contributed by atoms with Crippen molar-refractivity contribution in [1.82, 2.24) is 4.90 Å². The van der Waals surface area contributed by atoms with Crippen LogP contribution in [-0.4, -0.2) is 38.2 Å². The second-order valence-electron chi connectivity index (χ2n) is 5.72. The molecule has 0 aromatic rings. The Balaban J connectivity index is 4.43. The monoisotopic (exact) mass is 258 g/mol. The molecule has 0 fully saturated rings. The zero-order valence-corrected chi connectivity index (χ0v) is 12.5. The van der Waals surface area contributed by atoms with Crippen molar-refractivity contribution < 1.29 is 14.0 Å². The van der Waals surface area contributed by atoms with Gasteiger partial charge in [0.25, 0.3) is 0 Å². The van der Waals surface area contributed by atoms with Gasteiger partial charge in [0.15, 0.2) is 8.32 Å². The molecule has 0 saturated carbocycles. The maximum atomic E-state index is 11.8. The highest BCUT2D eigenvalue weighted by atomic mass is 28.4. The summed E-state index contributed by atoms with van der Waals surface area (Å²) in [6.45, 7) is 11.5. The first-order chi connectivity index (χ1) is 7.55. The second kappa shape index (κ2) is 6.03. The van der Waals surface area contributed by atoms with Gasteiger partial charge in [-0.15, -0.1) is 0 Å². The molecular formula is C11H22N2O3Si. The van der Waals surface area contributed by atoms with Crippen LogP contribution in [0, 0.1) is 11.3 Å². The van der Waals surface area contributed by atoms with Crippen LogP contribution in [-0.2, 0) is 9.16 Å². The third-order valence-electron chi connectivity index (χ3n) is 1.57. The Morgan fingerprint density at radius 2 is 1.88 bits per heavy atom. The van der Waals surface area contributed by atoms with Crippen molar-refractivity contribution in [3.8, 4) is 6.07 Å². The molecule has 0 rings (SSSR count). The van der Waals surface area contributed by atoms with Crippen LogP contribution in [0.5, 0.6) is 0 Å². The quantitative estimate of drug-likeness (QED) is 0.441. The third-order valence-corrected chi connectivity index (χ3v) is 2.56. The van der Waals surface area contributed by atoms with Crippen LogP contribution in [0.3, 0.4) is 0 Å². The fraction of sp³-hybridized carbons (Fsp3) is 0.818. The van der Waals surface area contributed by atoms with E-state index < -0.39 is 20.0 Å². The summed E-state index contributed by atoms with van der Waals surface area (Å²) >= 11 is 0. The van der Waals surface area contributed by atoms with Crippen molar-refractivity contribution in [3.05, 3.63) is 0 Å². The molecule has 0 saturated heterocycles. The minimum absolute atomic E-state index is 0.0284. The van der Waals surface area contributed by atoms with E-state index in [1.807, 2.05) is 25.7 Å². The lowest BCUT2D eigenvalue weighted by Gasteiger charge is -2.28. The second-order valence-corrected chi connectivity index (χ2v) is 10.2. The van der Waals surface area contributed by atoms with Gasteiger partial charge in [-0.3, -0.25) is 4.90 Å². The van der Waals surface area contributed by atoms with Gasteiger partial charge in [0.2, 0.25) is 0 Å². The number of nitriles is 1. The molecular weight excluding hydrogens is 236 g/mol. The van der Waals surface area contributed by atoms with Crippen LogP contribution in [0.4, 0.5) is 4.79 Å². The molecule has 0 aliphatic heterocycles. The summed E-state index contributed by atoms with van der Waals surface area (Å²) in [5, 5.41) is 8.67. The first-order valence-corrected chi connectivity index (χ1v) is 8.95. The molecule has 0 heterocycles. The molecule has 0 aliphatic rings. The number of rotatable bonds is 4. The van der Waals surface area contributed by atoms with Crippen molar-refractivity contribution >= 4 is 14.4 Å². The highest BCUT2D eigenvalue weighted by molar-refractivity contribution is 6.69. The number of carbonyl (C=O) groups is 1. The van der Waals surface area contributed by atoms with E-state index >= 15 is 0 Å².